The smallest absolute Gasteiger partial charge is 0.287 e. The lowest BCUT2D eigenvalue weighted by Gasteiger charge is -2.15. The highest BCUT2D eigenvalue weighted by atomic mass is 16.3. The first-order valence-electron chi connectivity index (χ1n) is 9.00. The molecule has 7 nitrogen and oxygen atoms in total. The number of aromatic nitrogens is 3. The van der Waals surface area contributed by atoms with Crippen LogP contribution in [0.1, 0.15) is 35.0 Å². The first kappa shape index (κ1) is 17.2. The fourth-order valence-electron chi connectivity index (χ4n) is 3.40. The van der Waals surface area contributed by atoms with E-state index >= 15 is 0 Å². The highest BCUT2D eigenvalue weighted by Gasteiger charge is 2.23. The summed E-state index contributed by atoms with van der Waals surface area (Å²) >= 11 is 0. The van der Waals surface area contributed by atoms with Gasteiger partial charge in [-0.15, -0.1) is 10.2 Å². The zero-order chi connectivity index (χ0) is 18.8. The van der Waals surface area contributed by atoms with Gasteiger partial charge in [-0.2, -0.15) is 0 Å². The number of carbonyl (C=O) groups is 1. The van der Waals surface area contributed by atoms with Gasteiger partial charge in [-0.3, -0.25) is 9.59 Å². The fourth-order valence-corrected chi connectivity index (χ4v) is 3.40. The largest absolute Gasteiger partial charge is 0.456 e. The first-order chi connectivity index (χ1) is 13.1. The summed E-state index contributed by atoms with van der Waals surface area (Å²) in [5.74, 6) is 1.89. The van der Waals surface area contributed by atoms with Crippen molar-refractivity contribution in [1.29, 1.82) is 0 Å². The highest BCUT2D eigenvalue weighted by molar-refractivity contribution is 5.91. The standard InChI is InChI=1S/C20H20N4O3/c1-13-11-16(25)12-17(27-13)20(26)21-15-7-8-18-22-23-19(24(18)10-9-15)14-5-3-2-4-6-14/h2-6,11-12,15H,7-10H2,1H3,(H,21,26). The van der Waals surface area contributed by atoms with Crippen LogP contribution in [-0.2, 0) is 13.0 Å². The summed E-state index contributed by atoms with van der Waals surface area (Å²) in [6, 6.07) is 12.5. The lowest BCUT2D eigenvalue weighted by Crippen LogP contribution is -2.35. The van der Waals surface area contributed by atoms with Crippen LogP contribution in [0.25, 0.3) is 11.4 Å². The molecule has 1 aliphatic heterocycles. The molecule has 0 saturated carbocycles. The number of nitrogens with zero attached hydrogens (tertiary/aromatic N) is 3. The maximum absolute atomic E-state index is 12.5. The predicted molar refractivity (Wildman–Crippen MR) is 99.4 cm³/mol. The number of amides is 1. The quantitative estimate of drug-likeness (QED) is 0.770. The van der Waals surface area contributed by atoms with Crippen molar-refractivity contribution in [1.82, 2.24) is 20.1 Å². The molecule has 4 rings (SSSR count). The van der Waals surface area contributed by atoms with E-state index in [9.17, 15) is 9.59 Å². The van der Waals surface area contributed by atoms with Gasteiger partial charge in [0.25, 0.3) is 5.91 Å². The van der Waals surface area contributed by atoms with E-state index in [-0.39, 0.29) is 23.1 Å². The van der Waals surface area contributed by atoms with Crippen LogP contribution in [0.3, 0.4) is 0 Å². The van der Waals surface area contributed by atoms with Crippen molar-refractivity contribution in [2.24, 2.45) is 0 Å². The Labute approximate surface area is 156 Å². The van der Waals surface area contributed by atoms with Crippen LogP contribution in [0.15, 0.2) is 51.7 Å². The van der Waals surface area contributed by atoms with Gasteiger partial charge < -0.3 is 14.3 Å². The minimum Gasteiger partial charge on any atom is -0.456 e. The van der Waals surface area contributed by atoms with E-state index in [4.69, 9.17) is 4.42 Å². The summed E-state index contributed by atoms with van der Waals surface area (Å²) in [7, 11) is 0. The van der Waals surface area contributed by atoms with Gasteiger partial charge in [-0.05, 0) is 19.8 Å². The molecule has 1 aliphatic rings. The third kappa shape index (κ3) is 3.67. The molecule has 0 spiro atoms. The molecule has 3 aromatic rings. The third-order valence-electron chi connectivity index (χ3n) is 4.73. The molecule has 1 aromatic carbocycles. The average Bonchev–Trinajstić information content (AvgIpc) is 2.96. The lowest BCUT2D eigenvalue weighted by atomic mass is 10.1. The van der Waals surface area contributed by atoms with Crippen LogP contribution < -0.4 is 10.7 Å². The number of hydrogen-bond acceptors (Lipinski definition) is 5. The van der Waals surface area contributed by atoms with Crippen molar-refractivity contribution in [2.45, 2.75) is 38.8 Å². The van der Waals surface area contributed by atoms with Crippen molar-refractivity contribution < 1.29 is 9.21 Å². The number of rotatable bonds is 3. The molecular formula is C20H20N4O3. The van der Waals surface area contributed by atoms with Crippen LogP contribution in [-0.4, -0.2) is 26.7 Å². The van der Waals surface area contributed by atoms with Gasteiger partial charge in [0.2, 0.25) is 0 Å². The van der Waals surface area contributed by atoms with Gasteiger partial charge in [0.1, 0.15) is 11.6 Å². The summed E-state index contributed by atoms with van der Waals surface area (Å²) in [6.45, 7) is 2.37. The van der Waals surface area contributed by atoms with E-state index in [0.717, 1.165) is 43.0 Å². The van der Waals surface area contributed by atoms with E-state index in [0.29, 0.717) is 5.76 Å². The topological polar surface area (TPSA) is 90.0 Å². The Kier molecular flexibility index (Phi) is 4.58. The second-order valence-electron chi connectivity index (χ2n) is 6.72. The molecule has 138 valence electrons. The highest BCUT2D eigenvalue weighted by Crippen LogP contribution is 2.22. The van der Waals surface area contributed by atoms with Gasteiger partial charge in [0.05, 0.1) is 0 Å². The van der Waals surface area contributed by atoms with Crippen molar-refractivity contribution >= 4 is 5.91 Å². The van der Waals surface area contributed by atoms with Crippen LogP contribution in [0.4, 0.5) is 0 Å². The lowest BCUT2D eigenvalue weighted by molar-refractivity contribution is 0.0900. The van der Waals surface area contributed by atoms with E-state index in [2.05, 4.69) is 20.1 Å². The molecule has 7 heteroatoms. The van der Waals surface area contributed by atoms with Gasteiger partial charge in [-0.1, -0.05) is 30.3 Å². The predicted octanol–water partition coefficient (Wildman–Crippen LogP) is 2.34. The van der Waals surface area contributed by atoms with E-state index < -0.39 is 0 Å². The molecular weight excluding hydrogens is 344 g/mol. The number of benzene rings is 1. The second kappa shape index (κ2) is 7.19. The summed E-state index contributed by atoms with van der Waals surface area (Å²) in [5, 5.41) is 11.6. The van der Waals surface area contributed by atoms with Gasteiger partial charge in [-0.25, -0.2) is 0 Å². The summed E-state index contributed by atoms with van der Waals surface area (Å²) < 4.78 is 7.50. The average molecular weight is 364 g/mol. The SMILES string of the molecule is Cc1cc(=O)cc(C(=O)NC2CCc3nnc(-c4ccccc4)n3CC2)o1. The Balaban J connectivity index is 1.48. The van der Waals surface area contributed by atoms with Gasteiger partial charge in [0, 0.05) is 36.7 Å². The zero-order valence-corrected chi connectivity index (χ0v) is 15.0. The van der Waals surface area contributed by atoms with Crippen LogP contribution in [0.2, 0.25) is 0 Å². The van der Waals surface area contributed by atoms with Gasteiger partial charge in [0.15, 0.2) is 17.0 Å². The molecule has 0 aliphatic carbocycles. The Bertz CT molecular complexity index is 1020. The normalized spacial score (nSPS) is 16.4. The molecule has 27 heavy (non-hydrogen) atoms. The minimum absolute atomic E-state index is 0.0198. The summed E-state index contributed by atoms with van der Waals surface area (Å²) in [5.41, 5.74) is 0.795. The molecule has 3 heterocycles. The molecule has 1 amide bonds. The first-order valence-corrected chi connectivity index (χ1v) is 9.00. The molecule has 1 N–H and O–H groups in total. The Morgan fingerprint density at radius 1 is 1.19 bits per heavy atom. The number of hydrogen-bond donors (Lipinski definition) is 1. The van der Waals surface area contributed by atoms with Crippen molar-refractivity contribution in [3.05, 3.63) is 70.0 Å². The number of fused-ring (bicyclic) bond motifs is 1. The molecule has 0 fully saturated rings. The Morgan fingerprint density at radius 2 is 2.00 bits per heavy atom. The Hall–Kier alpha value is -3.22. The second-order valence-corrected chi connectivity index (χ2v) is 6.72. The molecule has 0 radical (unpaired) electrons. The molecule has 1 atom stereocenters. The fraction of sp³-hybridized carbons (Fsp3) is 0.300. The third-order valence-corrected chi connectivity index (χ3v) is 4.73. The molecule has 2 aromatic heterocycles. The van der Waals surface area contributed by atoms with Crippen LogP contribution >= 0.6 is 0 Å². The minimum atomic E-state index is -0.359. The molecule has 1 unspecified atom stereocenters. The van der Waals surface area contributed by atoms with E-state index in [1.54, 1.807) is 6.92 Å². The van der Waals surface area contributed by atoms with Crippen LogP contribution in [0, 0.1) is 6.92 Å². The number of nitrogens with one attached hydrogen (secondary N) is 1. The number of aryl methyl sites for hydroxylation is 2. The Morgan fingerprint density at radius 3 is 2.78 bits per heavy atom. The number of carbonyl (C=O) groups excluding carboxylic acids is 1. The van der Waals surface area contributed by atoms with Gasteiger partial charge >= 0.3 is 0 Å². The van der Waals surface area contributed by atoms with Crippen molar-refractivity contribution in [3.63, 3.8) is 0 Å². The van der Waals surface area contributed by atoms with Crippen molar-refractivity contribution in [2.75, 3.05) is 0 Å². The summed E-state index contributed by atoms with van der Waals surface area (Å²) in [6.07, 6.45) is 2.24. The monoisotopic (exact) mass is 364 g/mol. The van der Waals surface area contributed by atoms with Crippen LogP contribution in [0.5, 0.6) is 0 Å². The van der Waals surface area contributed by atoms with E-state index in [1.165, 1.54) is 12.1 Å². The maximum atomic E-state index is 12.5. The molecule has 0 bridgehead atoms. The molecule has 0 saturated heterocycles. The maximum Gasteiger partial charge on any atom is 0.287 e. The van der Waals surface area contributed by atoms with E-state index in [1.807, 2.05) is 30.3 Å². The van der Waals surface area contributed by atoms with Crippen molar-refractivity contribution in [3.8, 4) is 11.4 Å². The zero-order valence-electron chi connectivity index (χ0n) is 15.0. The summed E-state index contributed by atoms with van der Waals surface area (Å²) in [4.78, 5) is 24.0.